The molecular formula is C25H20N2O6. The van der Waals surface area contributed by atoms with Crippen molar-refractivity contribution in [3.8, 4) is 11.5 Å². The zero-order chi connectivity index (χ0) is 23.4. The maximum atomic E-state index is 12.9. The standard InChI is InChI=1S/C25H20N2O6/c1-32-21-9-5-6-18(22(21)33-15-16-10-12-17(13-11-16)25(30)31)14-20-23(28)26-27(24(20)29)19-7-3-2-4-8-19/h2-14H,15H2,1H3,(H,26,28)(H,30,31)/b20-14+. The molecule has 0 aliphatic carbocycles. The van der Waals surface area contributed by atoms with Gasteiger partial charge < -0.3 is 14.6 Å². The topological polar surface area (TPSA) is 105 Å². The molecule has 2 N–H and O–H groups in total. The van der Waals surface area contributed by atoms with Gasteiger partial charge in [-0.05, 0) is 42.0 Å². The van der Waals surface area contributed by atoms with Crippen LogP contribution in [0.15, 0.2) is 78.4 Å². The molecule has 8 heteroatoms. The molecule has 1 fully saturated rings. The predicted molar refractivity (Wildman–Crippen MR) is 121 cm³/mol. The minimum atomic E-state index is -1.01. The summed E-state index contributed by atoms with van der Waals surface area (Å²) in [4.78, 5) is 36.5. The van der Waals surface area contributed by atoms with Gasteiger partial charge in [0.15, 0.2) is 11.5 Å². The highest BCUT2D eigenvalue weighted by molar-refractivity contribution is 6.31. The maximum absolute atomic E-state index is 12.9. The Morgan fingerprint density at radius 3 is 2.39 bits per heavy atom. The fraction of sp³-hybridized carbons (Fsp3) is 0.0800. The average Bonchev–Trinajstić information content (AvgIpc) is 3.12. The summed E-state index contributed by atoms with van der Waals surface area (Å²) in [5.41, 5.74) is 4.49. The third-order valence-electron chi connectivity index (χ3n) is 5.02. The molecule has 1 aliphatic heterocycles. The third-order valence-corrected chi connectivity index (χ3v) is 5.02. The van der Waals surface area contributed by atoms with E-state index < -0.39 is 17.8 Å². The van der Waals surface area contributed by atoms with E-state index in [0.29, 0.717) is 22.7 Å². The second-order valence-electron chi connectivity index (χ2n) is 7.14. The number of nitrogens with one attached hydrogen (secondary N) is 1. The number of para-hydroxylation sites is 2. The number of nitrogens with zero attached hydrogens (tertiary/aromatic N) is 1. The zero-order valence-electron chi connectivity index (χ0n) is 17.6. The summed E-state index contributed by atoms with van der Waals surface area (Å²) in [6.45, 7) is 0.132. The summed E-state index contributed by atoms with van der Waals surface area (Å²) in [7, 11) is 1.49. The Bertz CT molecular complexity index is 1240. The summed E-state index contributed by atoms with van der Waals surface area (Å²) in [6.07, 6.45) is 1.46. The molecule has 1 saturated heterocycles. The largest absolute Gasteiger partial charge is 0.493 e. The lowest BCUT2D eigenvalue weighted by Crippen LogP contribution is -2.35. The summed E-state index contributed by atoms with van der Waals surface area (Å²) in [5.74, 6) is -1.23. The van der Waals surface area contributed by atoms with Crippen LogP contribution < -0.4 is 19.9 Å². The Morgan fingerprint density at radius 1 is 1.00 bits per heavy atom. The highest BCUT2D eigenvalue weighted by Crippen LogP contribution is 2.34. The molecule has 8 nitrogen and oxygen atoms in total. The number of rotatable bonds is 7. The molecule has 0 unspecified atom stereocenters. The van der Waals surface area contributed by atoms with Crippen LogP contribution in [0.1, 0.15) is 21.5 Å². The second kappa shape index (κ2) is 9.27. The number of hydrogen-bond acceptors (Lipinski definition) is 5. The minimum absolute atomic E-state index is 0.0391. The van der Waals surface area contributed by atoms with Crippen LogP contribution in [-0.2, 0) is 16.2 Å². The van der Waals surface area contributed by atoms with Crippen molar-refractivity contribution in [2.75, 3.05) is 12.1 Å². The van der Waals surface area contributed by atoms with Gasteiger partial charge in [-0.3, -0.25) is 15.0 Å². The van der Waals surface area contributed by atoms with Gasteiger partial charge in [-0.2, -0.15) is 0 Å². The number of carboxylic acid groups (broad SMARTS) is 1. The number of aromatic carboxylic acids is 1. The summed E-state index contributed by atoms with van der Waals surface area (Å²) < 4.78 is 11.4. The van der Waals surface area contributed by atoms with E-state index >= 15 is 0 Å². The Balaban J connectivity index is 1.62. The normalized spacial score (nSPS) is 14.3. The van der Waals surface area contributed by atoms with Crippen LogP contribution in [0.2, 0.25) is 0 Å². The second-order valence-corrected chi connectivity index (χ2v) is 7.14. The Morgan fingerprint density at radius 2 is 1.73 bits per heavy atom. The van der Waals surface area contributed by atoms with Gasteiger partial charge in [0.2, 0.25) is 0 Å². The van der Waals surface area contributed by atoms with Crippen molar-refractivity contribution in [2.45, 2.75) is 6.61 Å². The molecule has 0 radical (unpaired) electrons. The lowest BCUT2D eigenvalue weighted by atomic mass is 10.1. The molecule has 0 saturated carbocycles. The number of carboxylic acids is 1. The minimum Gasteiger partial charge on any atom is -0.493 e. The van der Waals surface area contributed by atoms with Crippen molar-refractivity contribution in [3.63, 3.8) is 0 Å². The van der Waals surface area contributed by atoms with Gasteiger partial charge in [0.1, 0.15) is 12.2 Å². The van der Waals surface area contributed by atoms with Gasteiger partial charge in [-0.15, -0.1) is 0 Å². The van der Waals surface area contributed by atoms with Crippen LogP contribution in [-0.4, -0.2) is 30.0 Å². The van der Waals surface area contributed by atoms with E-state index in [0.717, 1.165) is 5.56 Å². The fourth-order valence-electron chi connectivity index (χ4n) is 3.33. The lowest BCUT2D eigenvalue weighted by molar-refractivity contribution is -0.117. The van der Waals surface area contributed by atoms with Crippen LogP contribution in [0, 0.1) is 0 Å². The first-order valence-electron chi connectivity index (χ1n) is 10.0. The smallest absolute Gasteiger partial charge is 0.335 e. The van der Waals surface area contributed by atoms with Crippen molar-refractivity contribution < 1.29 is 29.0 Å². The van der Waals surface area contributed by atoms with Crippen molar-refractivity contribution in [3.05, 3.63) is 95.1 Å². The van der Waals surface area contributed by atoms with Crippen LogP contribution in [0.3, 0.4) is 0 Å². The van der Waals surface area contributed by atoms with Crippen molar-refractivity contribution in [2.24, 2.45) is 0 Å². The van der Waals surface area contributed by atoms with E-state index in [1.807, 2.05) is 6.07 Å². The molecule has 4 rings (SSSR count). The number of ether oxygens (including phenoxy) is 2. The van der Waals surface area contributed by atoms with Crippen molar-refractivity contribution in [1.29, 1.82) is 0 Å². The van der Waals surface area contributed by atoms with Crippen molar-refractivity contribution >= 4 is 29.5 Å². The highest BCUT2D eigenvalue weighted by Gasteiger charge is 2.34. The van der Waals surface area contributed by atoms with Gasteiger partial charge in [-0.1, -0.05) is 42.5 Å². The van der Waals surface area contributed by atoms with Crippen LogP contribution in [0.4, 0.5) is 5.69 Å². The number of carbonyl (C=O) groups excluding carboxylic acids is 2. The van der Waals surface area contributed by atoms with Gasteiger partial charge in [0.05, 0.1) is 18.4 Å². The quantitative estimate of drug-likeness (QED) is 0.427. The number of hydrazine groups is 1. The van der Waals surface area contributed by atoms with E-state index in [-0.39, 0.29) is 17.7 Å². The molecule has 0 bridgehead atoms. The number of carbonyl (C=O) groups is 3. The SMILES string of the molecule is COc1cccc(/C=C2\C(=O)NN(c3ccccc3)C2=O)c1OCc1ccc(C(=O)O)cc1. The number of anilines is 1. The number of benzene rings is 3. The van der Waals surface area contributed by atoms with Crippen LogP contribution in [0.5, 0.6) is 11.5 Å². The third kappa shape index (κ3) is 4.54. The summed E-state index contributed by atoms with van der Waals surface area (Å²) in [6, 6.07) is 20.2. The molecule has 0 atom stereocenters. The number of amides is 2. The van der Waals surface area contributed by atoms with E-state index in [1.54, 1.807) is 54.6 Å². The van der Waals surface area contributed by atoms with E-state index in [4.69, 9.17) is 14.6 Å². The Labute approximate surface area is 189 Å². The first kappa shape index (κ1) is 21.6. The number of hydrogen-bond donors (Lipinski definition) is 2. The Kier molecular flexibility index (Phi) is 6.08. The zero-order valence-corrected chi connectivity index (χ0v) is 17.6. The first-order valence-corrected chi connectivity index (χ1v) is 10.0. The van der Waals surface area contributed by atoms with Crippen LogP contribution >= 0.6 is 0 Å². The van der Waals surface area contributed by atoms with E-state index in [1.165, 1.54) is 30.3 Å². The van der Waals surface area contributed by atoms with E-state index in [9.17, 15) is 14.4 Å². The molecular weight excluding hydrogens is 424 g/mol. The molecule has 33 heavy (non-hydrogen) atoms. The molecule has 3 aromatic rings. The molecule has 0 spiro atoms. The summed E-state index contributed by atoms with van der Waals surface area (Å²) >= 11 is 0. The maximum Gasteiger partial charge on any atom is 0.335 e. The highest BCUT2D eigenvalue weighted by atomic mass is 16.5. The molecule has 1 heterocycles. The molecule has 2 amide bonds. The molecule has 0 aromatic heterocycles. The van der Waals surface area contributed by atoms with Crippen molar-refractivity contribution in [1.82, 2.24) is 5.43 Å². The van der Waals surface area contributed by atoms with Gasteiger partial charge in [0, 0.05) is 5.56 Å². The predicted octanol–water partition coefficient (Wildman–Crippen LogP) is 3.43. The Hall–Kier alpha value is -4.59. The monoisotopic (exact) mass is 444 g/mol. The van der Waals surface area contributed by atoms with Gasteiger partial charge >= 0.3 is 5.97 Å². The van der Waals surface area contributed by atoms with Gasteiger partial charge in [-0.25, -0.2) is 9.80 Å². The molecule has 3 aromatic carbocycles. The van der Waals surface area contributed by atoms with Crippen LogP contribution in [0.25, 0.3) is 6.08 Å². The first-order chi connectivity index (χ1) is 16.0. The van der Waals surface area contributed by atoms with Gasteiger partial charge in [0.25, 0.3) is 11.8 Å². The van der Waals surface area contributed by atoms with E-state index in [2.05, 4.69) is 5.43 Å². The molecule has 166 valence electrons. The average molecular weight is 444 g/mol. The fourth-order valence-corrected chi connectivity index (χ4v) is 3.33. The lowest BCUT2D eigenvalue weighted by Gasteiger charge is -2.14. The number of methoxy groups -OCH3 is 1. The summed E-state index contributed by atoms with van der Waals surface area (Å²) in [5, 5.41) is 10.2. The molecule has 1 aliphatic rings.